The average molecular weight is 473 g/mol. The molecule has 0 bridgehead atoms. The number of hydrogen-bond donors (Lipinski definition) is 2. The lowest BCUT2D eigenvalue weighted by molar-refractivity contribution is 0.0941. The highest BCUT2D eigenvalue weighted by Crippen LogP contribution is 2.27. The van der Waals surface area contributed by atoms with Gasteiger partial charge in [0.15, 0.2) is 0 Å². The number of sulfonamides is 1. The molecule has 2 aromatic carbocycles. The standard InChI is InChI=1S/C23H28N4O5S/c1-15(2)26-33(29,30)20-14-17(9-10-19(20)32-5)23(28)25-21(22-24-11-12-27(22)3)16-7-6-8-18(13-16)31-4/h6-15,21,26H,1-5H3,(H,25,28). The van der Waals surface area contributed by atoms with Crippen molar-refractivity contribution in [3.8, 4) is 11.5 Å². The first-order valence-corrected chi connectivity index (χ1v) is 11.8. The number of rotatable bonds is 9. The van der Waals surface area contributed by atoms with Crippen LogP contribution in [-0.2, 0) is 17.1 Å². The number of nitrogens with zero attached hydrogens (tertiary/aromatic N) is 2. The first-order chi connectivity index (χ1) is 15.7. The molecule has 0 fully saturated rings. The minimum Gasteiger partial charge on any atom is -0.497 e. The van der Waals surface area contributed by atoms with Gasteiger partial charge < -0.3 is 19.4 Å². The Morgan fingerprint density at radius 2 is 1.85 bits per heavy atom. The highest BCUT2D eigenvalue weighted by Gasteiger charge is 2.25. The molecule has 0 aliphatic rings. The van der Waals surface area contributed by atoms with E-state index in [0.29, 0.717) is 11.6 Å². The second-order valence-electron chi connectivity index (χ2n) is 7.72. The molecule has 10 heteroatoms. The number of aromatic nitrogens is 2. The first-order valence-electron chi connectivity index (χ1n) is 10.3. The van der Waals surface area contributed by atoms with E-state index < -0.39 is 22.0 Å². The predicted octanol–water partition coefficient (Wildman–Crippen LogP) is 2.64. The van der Waals surface area contributed by atoms with E-state index >= 15 is 0 Å². The molecule has 1 aromatic heterocycles. The third kappa shape index (κ3) is 5.52. The molecule has 176 valence electrons. The van der Waals surface area contributed by atoms with Gasteiger partial charge in [0.2, 0.25) is 10.0 Å². The van der Waals surface area contributed by atoms with Gasteiger partial charge in [-0.1, -0.05) is 12.1 Å². The van der Waals surface area contributed by atoms with Gasteiger partial charge in [0.25, 0.3) is 5.91 Å². The van der Waals surface area contributed by atoms with Gasteiger partial charge in [0, 0.05) is 31.0 Å². The zero-order chi connectivity index (χ0) is 24.2. The summed E-state index contributed by atoms with van der Waals surface area (Å²) in [4.78, 5) is 17.5. The third-order valence-electron chi connectivity index (χ3n) is 4.93. The van der Waals surface area contributed by atoms with Crippen LogP contribution in [0.1, 0.15) is 41.6 Å². The molecule has 0 spiro atoms. The van der Waals surface area contributed by atoms with Crippen LogP contribution >= 0.6 is 0 Å². The fourth-order valence-corrected chi connectivity index (χ4v) is 4.84. The van der Waals surface area contributed by atoms with Crippen LogP contribution in [0, 0.1) is 0 Å². The van der Waals surface area contributed by atoms with Crippen LogP contribution in [0.4, 0.5) is 0 Å². The second-order valence-corrected chi connectivity index (χ2v) is 9.40. The van der Waals surface area contributed by atoms with E-state index in [1.807, 2.05) is 31.3 Å². The van der Waals surface area contributed by atoms with Crippen molar-refractivity contribution in [1.29, 1.82) is 0 Å². The Labute approximate surface area is 193 Å². The number of carbonyl (C=O) groups excluding carboxylic acids is 1. The van der Waals surface area contributed by atoms with Gasteiger partial charge in [0.05, 0.1) is 14.2 Å². The van der Waals surface area contributed by atoms with Crippen molar-refractivity contribution in [2.45, 2.75) is 30.8 Å². The number of methoxy groups -OCH3 is 2. The average Bonchev–Trinajstić information content (AvgIpc) is 3.21. The molecular weight excluding hydrogens is 444 g/mol. The minimum absolute atomic E-state index is 0.110. The zero-order valence-electron chi connectivity index (χ0n) is 19.2. The normalized spacial score (nSPS) is 12.4. The monoisotopic (exact) mass is 472 g/mol. The van der Waals surface area contributed by atoms with Crippen LogP contribution in [0.15, 0.2) is 59.8 Å². The third-order valence-corrected chi connectivity index (χ3v) is 6.61. The van der Waals surface area contributed by atoms with Crippen molar-refractivity contribution >= 4 is 15.9 Å². The lowest BCUT2D eigenvalue weighted by Gasteiger charge is -2.20. The minimum atomic E-state index is -3.89. The smallest absolute Gasteiger partial charge is 0.252 e. The van der Waals surface area contributed by atoms with E-state index in [1.165, 1.54) is 25.3 Å². The van der Waals surface area contributed by atoms with Crippen molar-refractivity contribution in [1.82, 2.24) is 19.6 Å². The molecule has 1 atom stereocenters. The lowest BCUT2D eigenvalue weighted by Crippen LogP contribution is -2.32. The van der Waals surface area contributed by atoms with Gasteiger partial charge in [-0.15, -0.1) is 0 Å². The fourth-order valence-electron chi connectivity index (χ4n) is 3.39. The Balaban J connectivity index is 2.01. The highest BCUT2D eigenvalue weighted by atomic mass is 32.2. The van der Waals surface area contributed by atoms with Gasteiger partial charge in [-0.3, -0.25) is 4.79 Å². The molecular formula is C23H28N4O5S. The van der Waals surface area contributed by atoms with E-state index in [-0.39, 0.29) is 22.3 Å². The Bertz CT molecular complexity index is 1240. The van der Waals surface area contributed by atoms with E-state index in [1.54, 1.807) is 37.9 Å². The highest BCUT2D eigenvalue weighted by molar-refractivity contribution is 7.89. The van der Waals surface area contributed by atoms with Crippen molar-refractivity contribution in [3.05, 3.63) is 71.8 Å². The van der Waals surface area contributed by atoms with Crippen molar-refractivity contribution < 1.29 is 22.7 Å². The zero-order valence-corrected chi connectivity index (χ0v) is 20.0. The van der Waals surface area contributed by atoms with E-state index in [9.17, 15) is 13.2 Å². The number of hydrogen-bond acceptors (Lipinski definition) is 6. The summed E-state index contributed by atoms with van der Waals surface area (Å²) < 4.78 is 40.5. The Morgan fingerprint density at radius 1 is 1.09 bits per heavy atom. The summed E-state index contributed by atoms with van der Waals surface area (Å²) in [6, 6.07) is 10.7. The summed E-state index contributed by atoms with van der Waals surface area (Å²) >= 11 is 0. The molecule has 9 nitrogen and oxygen atoms in total. The predicted molar refractivity (Wildman–Crippen MR) is 124 cm³/mol. The molecule has 3 aromatic rings. The number of nitrogens with one attached hydrogen (secondary N) is 2. The maximum atomic E-state index is 13.3. The van der Waals surface area contributed by atoms with Crippen molar-refractivity contribution in [2.75, 3.05) is 14.2 Å². The van der Waals surface area contributed by atoms with Crippen LogP contribution in [0.25, 0.3) is 0 Å². The van der Waals surface area contributed by atoms with Gasteiger partial charge in [-0.05, 0) is 49.7 Å². The van der Waals surface area contributed by atoms with Crippen molar-refractivity contribution in [2.24, 2.45) is 7.05 Å². The largest absolute Gasteiger partial charge is 0.497 e. The van der Waals surface area contributed by atoms with Crippen LogP contribution in [0.5, 0.6) is 11.5 Å². The van der Waals surface area contributed by atoms with Gasteiger partial charge >= 0.3 is 0 Å². The Kier molecular flexibility index (Phi) is 7.39. The summed E-state index contributed by atoms with van der Waals surface area (Å²) in [5, 5.41) is 2.97. The molecule has 1 unspecified atom stereocenters. The van der Waals surface area contributed by atoms with Gasteiger partial charge in [-0.2, -0.15) is 0 Å². The fraction of sp³-hybridized carbons (Fsp3) is 0.304. The Hall–Kier alpha value is -3.37. The molecule has 1 amide bonds. The molecule has 1 heterocycles. The number of aryl methyl sites for hydroxylation is 1. The summed E-state index contributed by atoms with van der Waals surface area (Å²) in [5.74, 6) is 0.931. The molecule has 0 aliphatic carbocycles. The van der Waals surface area contributed by atoms with E-state index in [2.05, 4.69) is 15.0 Å². The molecule has 2 N–H and O–H groups in total. The maximum absolute atomic E-state index is 13.3. The lowest BCUT2D eigenvalue weighted by atomic mass is 10.0. The second kappa shape index (κ2) is 10.1. The topological polar surface area (TPSA) is 112 Å². The number of carbonyl (C=O) groups is 1. The molecule has 33 heavy (non-hydrogen) atoms. The van der Waals surface area contributed by atoms with Gasteiger partial charge in [0.1, 0.15) is 28.3 Å². The van der Waals surface area contributed by atoms with Crippen LogP contribution in [0.3, 0.4) is 0 Å². The van der Waals surface area contributed by atoms with Crippen LogP contribution < -0.4 is 19.5 Å². The number of imidazole rings is 1. The Morgan fingerprint density at radius 3 is 2.45 bits per heavy atom. The SMILES string of the molecule is COc1cccc(C(NC(=O)c2ccc(OC)c(S(=O)(=O)NC(C)C)c2)c2nccn2C)c1. The van der Waals surface area contributed by atoms with Crippen LogP contribution in [0.2, 0.25) is 0 Å². The first kappa shape index (κ1) is 24.3. The van der Waals surface area contributed by atoms with Crippen molar-refractivity contribution in [3.63, 3.8) is 0 Å². The van der Waals surface area contributed by atoms with E-state index in [4.69, 9.17) is 9.47 Å². The number of amides is 1. The van der Waals surface area contributed by atoms with E-state index in [0.717, 1.165) is 5.56 Å². The summed E-state index contributed by atoms with van der Waals surface area (Å²) in [6.45, 7) is 3.43. The molecule has 0 aliphatic heterocycles. The number of benzene rings is 2. The maximum Gasteiger partial charge on any atom is 0.252 e. The summed E-state index contributed by atoms with van der Waals surface area (Å²) in [5.41, 5.74) is 0.932. The number of ether oxygens (including phenoxy) is 2. The molecule has 3 rings (SSSR count). The molecule has 0 saturated carbocycles. The molecule has 0 radical (unpaired) electrons. The molecule has 0 saturated heterocycles. The van der Waals surface area contributed by atoms with Crippen LogP contribution in [-0.4, -0.2) is 44.1 Å². The summed E-state index contributed by atoms with van der Waals surface area (Å²) in [7, 11) is 0.891. The van der Waals surface area contributed by atoms with Gasteiger partial charge in [-0.25, -0.2) is 18.1 Å². The quantitative estimate of drug-likeness (QED) is 0.495. The summed E-state index contributed by atoms with van der Waals surface area (Å²) in [6.07, 6.45) is 3.43.